The van der Waals surface area contributed by atoms with Gasteiger partial charge >= 0.3 is 11.8 Å². The maximum Gasteiger partial charge on any atom is 0.316 e. The maximum atomic E-state index is 13.8. The number of carbonyl (C=O) groups excluding carboxylic acids is 2. The fraction of sp³-hybridized carbons (Fsp3) is 0.500. The number of nitrogens with one attached hydrogen (secondary N) is 2. The Kier molecular flexibility index (Phi) is 7.67. The van der Waals surface area contributed by atoms with Crippen LogP contribution in [-0.2, 0) is 29.6 Å². The van der Waals surface area contributed by atoms with Crippen molar-refractivity contribution in [3.63, 3.8) is 0 Å². The second-order valence-electron chi connectivity index (χ2n) is 11.7. The van der Waals surface area contributed by atoms with E-state index in [1.807, 2.05) is 0 Å². The highest BCUT2D eigenvalue weighted by molar-refractivity contribution is 5.85. The van der Waals surface area contributed by atoms with Gasteiger partial charge in [0.2, 0.25) is 5.95 Å². The Bertz CT molecular complexity index is 1440. The lowest BCUT2D eigenvalue weighted by molar-refractivity contribution is -0.293. The van der Waals surface area contributed by atoms with Gasteiger partial charge in [-0.1, -0.05) is 19.3 Å². The predicted octanol–water partition coefficient (Wildman–Crippen LogP) is 4.06. The van der Waals surface area contributed by atoms with Crippen LogP contribution in [0.1, 0.15) is 57.7 Å². The molecule has 2 aliphatic carbocycles. The molecule has 2 saturated carbocycles. The molecule has 0 bridgehead atoms. The molecule has 0 radical (unpaired) electrons. The fourth-order valence-electron chi connectivity index (χ4n) is 5.30. The first-order valence-electron chi connectivity index (χ1n) is 14.5. The number of amides is 1. The molecule has 0 spiro atoms. The molecule has 42 heavy (non-hydrogen) atoms. The zero-order chi connectivity index (χ0) is 29.3. The molecule has 12 heteroatoms. The standard InChI is InChI=1S/C30H35FN6O5/c1-29(27(39)40-15-18-7-8-18)16-41-30(25(32)38,42-17-29)26-36-23(19-9-11-20(31)12-10-19)24(37-26)22-13-14-33-28(35-22)34-21-5-3-2-4-6-21/h9-14,18,21H,2-8,15-17H2,1H3,(H2,32,38)(H,36,37)(H,33,34,35). The number of rotatable bonds is 9. The molecular formula is C30H35FN6O5. The number of anilines is 1. The van der Waals surface area contributed by atoms with E-state index in [0.29, 0.717) is 41.1 Å². The van der Waals surface area contributed by atoms with Crippen LogP contribution >= 0.6 is 0 Å². The summed E-state index contributed by atoms with van der Waals surface area (Å²) >= 11 is 0. The van der Waals surface area contributed by atoms with Crippen molar-refractivity contribution < 1.29 is 28.2 Å². The van der Waals surface area contributed by atoms with E-state index < -0.39 is 28.9 Å². The van der Waals surface area contributed by atoms with Gasteiger partial charge in [-0.3, -0.25) is 9.59 Å². The number of H-pyrrole nitrogens is 1. The van der Waals surface area contributed by atoms with Gasteiger partial charge in [-0.15, -0.1) is 0 Å². The van der Waals surface area contributed by atoms with Crippen molar-refractivity contribution in [1.29, 1.82) is 0 Å². The highest BCUT2D eigenvalue weighted by Gasteiger charge is 2.54. The highest BCUT2D eigenvalue weighted by atomic mass is 19.1. The van der Waals surface area contributed by atoms with Gasteiger partial charge in [-0.05, 0) is 68.9 Å². The summed E-state index contributed by atoms with van der Waals surface area (Å²) in [6.45, 7) is 1.66. The summed E-state index contributed by atoms with van der Waals surface area (Å²) in [4.78, 5) is 42.7. The number of ether oxygens (including phenoxy) is 3. The number of hydrogen-bond acceptors (Lipinski definition) is 9. The SMILES string of the molecule is CC1(C(=O)OCC2CC2)COC(C(N)=O)(c2nc(-c3ccc(F)cc3)c(-c3ccnc(NC4CCCCC4)n3)[nH]2)OC1. The third-order valence-electron chi connectivity index (χ3n) is 8.14. The van der Waals surface area contributed by atoms with Crippen LogP contribution in [0.15, 0.2) is 36.5 Å². The van der Waals surface area contributed by atoms with Crippen molar-refractivity contribution in [1.82, 2.24) is 19.9 Å². The third-order valence-corrected chi connectivity index (χ3v) is 8.14. The first-order chi connectivity index (χ1) is 20.3. The Balaban J connectivity index is 1.33. The summed E-state index contributed by atoms with van der Waals surface area (Å²) in [6, 6.07) is 7.79. The molecule has 2 aromatic heterocycles. The quantitative estimate of drug-likeness (QED) is 0.319. The topological polar surface area (TPSA) is 154 Å². The van der Waals surface area contributed by atoms with Gasteiger partial charge in [0.15, 0.2) is 5.82 Å². The van der Waals surface area contributed by atoms with Crippen LogP contribution in [0.2, 0.25) is 0 Å². The van der Waals surface area contributed by atoms with Gasteiger partial charge < -0.3 is 30.2 Å². The molecule has 222 valence electrons. The second kappa shape index (κ2) is 11.4. The number of nitrogens with two attached hydrogens (primary N) is 1. The zero-order valence-corrected chi connectivity index (χ0v) is 23.5. The summed E-state index contributed by atoms with van der Waals surface area (Å²) in [5.74, 6) is -3.05. The molecule has 3 aromatic rings. The van der Waals surface area contributed by atoms with E-state index in [1.165, 1.54) is 18.6 Å². The minimum atomic E-state index is -2.10. The molecule has 3 fully saturated rings. The molecule has 6 rings (SSSR count). The minimum Gasteiger partial charge on any atom is -0.465 e. The second-order valence-corrected chi connectivity index (χ2v) is 11.7. The van der Waals surface area contributed by atoms with Crippen molar-refractivity contribution in [3.05, 3.63) is 48.2 Å². The van der Waals surface area contributed by atoms with Crippen LogP contribution in [0.25, 0.3) is 22.6 Å². The Morgan fingerprint density at radius 2 is 1.79 bits per heavy atom. The number of benzene rings is 1. The third kappa shape index (κ3) is 5.73. The van der Waals surface area contributed by atoms with Gasteiger partial charge in [0.05, 0.1) is 36.9 Å². The Morgan fingerprint density at radius 3 is 2.45 bits per heavy atom. The summed E-state index contributed by atoms with van der Waals surface area (Å²) in [5.41, 5.74) is 6.60. The lowest BCUT2D eigenvalue weighted by Gasteiger charge is -2.40. The number of hydrogen-bond donors (Lipinski definition) is 3. The number of aromatic amines is 1. The summed E-state index contributed by atoms with van der Waals surface area (Å²) < 4.78 is 31.2. The average molecular weight is 579 g/mol. The molecule has 4 N–H and O–H groups in total. The van der Waals surface area contributed by atoms with Crippen molar-refractivity contribution >= 4 is 17.8 Å². The molecule has 0 atom stereocenters. The number of imidazole rings is 1. The van der Waals surface area contributed by atoms with Crippen molar-refractivity contribution in [2.45, 2.75) is 63.7 Å². The molecule has 1 saturated heterocycles. The summed E-state index contributed by atoms with van der Waals surface area (Å²) in [5, 5.41) is 3.42. The van der Waals surface area contributed by atoms with E-state index in [-0.39, 0.29) is 25.1 Å². The van der Waals surface area contributed by atoms with Crippen LogP contribution in [0.4, 0.5) is 10.3 Å². The molecule has 3 heterocycles. The number of aromatic nitrogens is 4. The Morgan fingerprint density at radius 1 is 1.07 bits per heavy atom. The van der Waals surface area contributed by atoms with Crippen LogP contribution in [-0.4, -0.2) is 57.7 Å². The van der Waals surface area contributed by atoms with Crippen molar-refractivity contribution in [2.24, 2.45) is 17.1 Å². The summed E-state index contributed by atoms with van der Waals surface area (Å²) in [6.07, 6.45) is 9.36. The molecule has 1 aromatic carbocycles. The van der Waals surface area contributed by atoms with E-state index in [9.17, 15) is 14.0 Å². The Hall–Kier alpha value is -3.90. The summed E-state index contributed by atoms with van der Waals surface area (Å²) in [7, 11) is 0. The van der Waals surface area contributed by atoms with Gasteiger partial charge in [0.25, 0.3) is 5.91 Å². The van der Waals surface area contributed by atoms with Crippen LogP contribution in [0.5, 0.6) is 0 Å². The van der Waals surface area contributed by atoms with E-state index in [0.717, 1.165) is 38.5 Å². The molecule has 3 aliphatic rings. The smallest absolute Gasteiger partial charge is 0.316 e. The largest absolute Gasteiger partial charge is 0.465 e. The Labute approximate surface area is 242 Å². The molecule has 1 aliphatic heterocycles. The lowest BCUT2D eigenvalue weighted by atomic mass is 9.91. The zero-order valence-electron chi connectivity index (χ0n) is 23.5. The lowest BCUT2D eigenvalue weighted by Crippen LogP contribution is -2.56. The fourth-order valence-corrected chi connectivity index (χ4v) is 5.30. The van der Waals surface area contributed by atoms with Crippen molar-refractivity contribution in [3.8, 4) is 22.6 Å². The number of esters is 1. The number of nitrogens with zero attached hydrogens (tertiary/aromatic N) is 3. The van der Waals surface area contributed by atoms with Crippen LogP contribution in [0, 0.1) is 17.2 Å². The highest BCUT2D eigenvalue weighted by Crippen LogP contribution is 2.40. The first-order valence-corrected chi connectivity index (χ1v) is 14.5. The first kappa shape index (κ1) is 28.2. The van der Waals surface area contributed by atoms with Gasteiger partial charge in [0.1, 0.15) is 11.2 Å². The maximum absolute atomic E-state index is 13.8. The number of halogens is 1. The van der Waals surface area contributed by atoms with Gasteiger partial charge in [-0.25, -0.2) is 19.3 Å². The molecular weight excluding hydrogens is 543 g/mol. The van der Waals surface area contributed by atoms with Crippen LogP contribution in [0.3, 0.4) is 0 Å². The normalized spacial score (nSPS) is 24.7. The van der Waals surface area contributed by atoms with Crippen LogP contribution < -0.4 is 11.1 Å². The molecule has 0 unspecified atom stereocenters. The van der Waals surface area contributed by atoms with E-state index in [2.05, 4.69) is 20.3 Å². The van der Waals surface area contributed by atoms with Gasteiger partial charge in [0, 0.05) is 17.8 Å². The van der Waals surface area contributed by atoms with E-state index in [1.54, 1.807) is 31.3 Å². The average Bonchev–Trinajstić information content (AvgIpc) is 3.73. The number of carbonyl (C=O) groups is 2. The predicted molar refractivity (Wildman–Crippen MR) is 150 cm³/mol. The number of primary amides is 1. The molecule has 11 nitrogen and oxygen atoms in total. The molecule has 1 amide bonds. The monoisotopic (exact) mass is 578 g/mol. The minimum absolute atomic E-state index is 0.0156. The van der Waals surface area contributed by atoms with Crippen molar-refractivity contribution in [2.75, 3.05) is 25.1 Å². The van der Waals surface area contributed by atoms with E-state index in [4.69, 9.17) is 24.9 Å². The van der Waals surface area contributed by atoms with Gasteiger partial charge in [-0.2, -0.15) is 0 Å². The van der Waals surface area contributed by atoms with E-state index >= 15 is 0 Å².